The fourth-order valence-electron chi connectivity index (χ4n) is 0. The molecular weight excluding hydrogens is 362 g/mol. The second-order valence-corrected chi connectivity index (χ2v) is 3.42. The van der Waals surface area contributed by atoms with Gasteiger partial charge in [-0.3, -0.25) is 0 Å². The Labute approximate surface area is 111 Å². The Bertz CT molecular complexity index is 224. The first kappa shape index (κ1) is 29.3. The van der Waals surface area contributed by atoms with Crippen molar-refractivity contribution in [2.75, 3.05) is 0 Å². The molecule has 0 spiro atoms. The number of hydrogen-bond acceptors (Lipinski definition) is 4. The topological polar surface area (TPSA) is 149 Å². The molecule has 1 radical (unpaired) electrons. The molecule has 8 nitrogen and oxygen atoms in total. The van der Waals surface area contributed by atoms with Crippen LogP contribution in [-0.2, 0) is 75.3 Å². The molecule has 4 N–H and O–H groups in total. The first-order valence-corrected chi connectivity index (χ1v) is 5.33. The van der Waals surface area contributed by atoms with Gasteiger partial charge in [0.2, 0.25) is 0 Å². The van der Waals surface area contributed by atoms with Gasteiger partial charge in [0.15, 0.2) is 0 Å². The van der Waals surface area contributed by atoms with Gasteiger partial charge in [0.1, 0.15) is 0 Å². The van der Waals surface area contributed by atoms with Gasteiger partial charge >= 0.3 is 77.7 Å². The van der Waals surface area contributed by atoms with Crippen LogP contribution in [0, 0.1) is 0 Å². The van der Waals surface area contributed by atoms with Crippen LogP contribution in [0.4, 0.5) is 0 Å². The molecule has 0 amide bonds. The minimum atomic E-state index is -5.12. The normalized spacial score (nSPS) is 8.92. The maximum absolute atomic E-state index is 8.80. The van der Waals surface area contributed by atoms with Gasteiger partial charge in [0, 0.05) is 33.3 Å². The van der Waals surface area contributed by atoms with Crippen molar-refractivity contribution >= 4 is 0 Å². The van der Waals surface area contributed by atoms with Gasteiger partial charge in [-0.2, -0.15) is 0 Å². The van der Waals surface area contributed by atoms with Crippen molar-refractivity contribution in [3.8, 4) is 0 Å². The van der Waals surface area contributed by atoms with E-state index in [1.807, 2.05) is 0 Å². The van der Waals surface area contributed by atoms with E-state index in [-0.39, 0.29) is 53.6 Å². The molecule has 0 aliphatic rings. The summed E-state index contributed by atoms with van der Waals surface area (Å²) in [5.41, 5.74) is 0. The van der Waals surface area contributed by atoms with Crippen molar-refractivity contribution in [3.63, 3.8) is 0 Å². The SMILES string of the molecule is [Co].[H-].[Li+].[Ni].[O]=[Mn](=[O])([OH])[OH].[O]=[Mn](=[O])([OH])[OH]. The Morgan fingerprint density at radius 2 is 0.769 bits per heavy atom. The van der Waals surface area contributed by atoms with Crippen LogP contribution in [0.3, 0.4) is 0 Å². The Kier molecular flexibility index (Phi) is 26.5. The molecule has 87 valence electrons. The van der Waals surface area contributed by atoms with E-state index in [0.717, 1.165) is 0 Å². The van der Waals surface area contributed by atoms with Crippen LogP contribution in [0.15, 0.2) is 0 Å². The standard InChI is InChI=1S/Co.Li.2Mn.Ni.4H2O.4O.H/h;;;;;4*1H2;;;;;/q;+1;2*+2;;;;;;;;;;-1/p-4. The molecule has 0 unspecified atom stereocenters. The van der Waals surface area contributed by atoms with E-state index in [1.54, 1.807) is 0 Å². The average molecular weight is 367 g/mol. The van der Waals surface area contributed by atoms with Crippen LogP contribution >= 0.6 is 0 Å². The summed E-state index contributed by atoms with van der Waals surface area (Å²) in [7, 11) is 0. The summed E-state index contributed by atoms with van der Waals surface area (Å²) in [6, 6.07) is 0. The van der Waals surface area contributed by atoms with Gasteiger partial charge in [-0.1, -0.05) is 0 Å². The van der Waals surface area contributed by atoms with Crippen molar-refractivity contribution in [1.29, 1.82) is 0 Å². The molecular formula is H5CoLiMn2NiO8. The van der Waals surface area contributed by atoms with Crippen molar-refractivity contribution in [1.82, 2.24) is 0 Å². The van der Waals surface area contributed by atoms with Crippen molar-refractivity contribution in [3.05, 3.63) is 0 Å². The predicted molar refractivity (Wildman–Crippen MR) is 12.7 cm³/mol. The van der Waals surface area contributed by atoms with Gasteiger partial charge in [-0.15, -0.1) is 0 Å². The van der Waals surface area contributed by atoms with Gasteiger partial charge in [-0.25, -0.2) is 0 Å². The van der Waals surface area contributed by atoms with Crippen LogP contribution in [0.25, 0.3) is 0 Å². The van der Waals surface area contributed by atoms with E-state index >= 15 is 0 Å². The summed E-state index contributed by atoms with van der Waals surface area (Å²) in [6.45, 7) is 0. The molecule has 0 saturated carbocycles. The minimum absolute atomic E-state index is 0. The molecule has 0 bridgehead atoms. The Morgan fingerprint density at radius 3 is 0.769 bits per heavy atom. The van der Waals surface area contributed by atoms with Gasteiger partial charge in [-0.05, 0) is 0 Å². The van der Waals surface area contributed by atoms with Crippen molar-refractivity contribution < 1.29 is 112 Å². The maximum atomic E-state index is 8.80. The zero-order chi connectivity index (χ0) is 9.00. The zero-order valence-electron chi connectivity index (χ0n) is 6.83. The van der Waals surface area contributed by atoms with E-state index in [0.29, 0.717) is 0 Å². The molecule has 0 aromatic heterocycles. The van der Waals surface area contributed by atoms with E-state index in [9.17, 15) is 0 Å². The van der Waals surface area contributed by atoms with E-state index < -0.39 is 26.7 Å². The second-order valence-electron chi connectivity index (χ2n) is 0.829. The first-order chi connectivity index (χ1) is 4.00. The number of hydrogen-bond donors (Lipinski definition) is 4. The van der Waals surface area contributed by atoms with Crippen molar-refractivity contribution in [2.24, 2.45) is 0 Å². The number of rotatable bonds is 0. The van der Waals surface area contributed by atoms with E-state index in [4.69, 9.17) is 32.1 Å². The fraction of sp³-hybridized carbons (Fsp3) is 0. The molecule has 0 aromatic rings. The van der Waals surface area contributed by atoms with Crippen LogP contribution in [0.5, 0.6) is 0 Å². The third-order valence-electron chi connectivity index (χ3n) is 0. The first-order valence-electron chi connectivity index (χ1n) is 1.29. The molecule has 0 aliphatic carbocycles. The fourth-order valence-corrected chi connectivity index (χ4v) is 0. The predicted octanol–water partition coefficient (Wildman–Crippen LogP) is -5.60. The molecule has 0 heterocycles. The Balaban J connectivity index is -0.0000000178. The Hall–Kier alpha value is 1.68. The third-order valence-corrected chi connectivity index (χ3v) is 0. The molecule has 0 aromatic carbocycles. The molecule has 13 heavy (non-hydrogen) atoms. The summed E-state index contributed by atoms with van der Waals surface area (Å²) in [6.07, 6.45) is 0. The summed E-state index contributed by atoms with van der Waals surface area (Å²) in [5, 5.41) is 0. The van der Waals surface area contributed by atoms with Gasteiger partial charge < -0.3 is 1.43 Å². The van der Waals surface area contributed by atoms with E-state index in [1.165, 1.54) is 0 Å². The van der Waals surface area contributed by atoms with Gasteiger partial charge in [0.25, 0.3) is 0 Å². The molecule has 0 rings (SSSR count). The zero-order valence-corrected chi connectivity index (χ0v) is 10.2. The van der Waals surface area contributed by atoms with Crippen LogP contribution in [0.1, 0.15) is 1.43 Å². The summed E-state index contributed by atoms with van der Waals surface area (Å²) in [4.78, 5) is 0. The molecule has 0 fully saturated rings. The van der Waals surface area contributed by atoms with Crippen LogP contribution < -0.4 is 18.9 Å². The summed E-state index contributed by atoms with van der Waals surface area (Å²) < 4.78 is 63.6. The molecule has 0 saturated heterocycles. The third kappa shape index (κ3) is 664. The summed E-state index contributed by atoms with van der Waals surface area (Å²) >= 11 is -10.2. The van der Waals surface area contributed by atoms with Gasteiger partial charge in [0.05, 0.1) is 0 Å². The van der Waals surface area contributed by atoms with Crippen molar-refractivity contribution in [2.45, 2.75) is 0 Å². The Morgan fingerprint density at radius 1 is 0.769 bits per heavy atom. The molecule has 13 heteroatoms. The molecule has 0 atom stereocenters. The second kappa shape index (κ2) is 11.7. The summed E-state index contributed by atoms with van der Waals surface area (Å²) in [5.74, 6) is 0. The van der Waals surface area contributed by atoms with Crippen LogP contribution in [-0.4, -0.2) is 16.8 Å². The monoisotopic (exact) mass is 367 g/mol. The van der Waals surface area contributed by atoms with Crippen LogP contribution in [0.2, 0.25) is 0 Å². The van der Waals surface area contributed by atoms with E-state index in [2.05, 4.69) is 0 Å². The average Bonchev–Trinajstić information content (AvgIpc) is 1.12. The molecule has 0 aliphatic heterocycles. The quantitative estimate of drug-likeness (QED) is 0.310.